The van der Waals surface area contributed by atoms with Crippen molar-refractivity contribution in [3.05, 3.63) is 93.5 Å². The van der Waals surface area contributed by atoms with Gasteiger partial charge in [-0.05, 0) is 48.4 Å². The number of carbonyl (C=O) groups excluding carboxylic acids is 1. The van der Waals surface area contributed by atoms with Gasteiger partial charge in [-0.2, -0.15) is 0 Å². The number of para-hydroxylation sites is 1. The number of nitrogens with one attached hydrogen (secondary N) is 1. The molecule has 0 aromatic heterocycles. The molecule has 3 aromatic carbocycles. The van der Waals surface area contributed by atoms with Gasteiger partial charge in [0.1, 0.15) is 0 Å². The molecule has 0 saturated carbocycles. The molecular formula is C21H17N3O3. The van der Waals surface area contributed by atoms with E-state index < -0.39 is 4.92 Å². The second-order valence-electron chi connectivity index (χ2n) is 6.48. The SMILES string of the molecule is Cc1ccc([N+](=O)[O-])cc1Nc1ccc2c(c1)CN(c1ccccc1)C2=O. The topological polar surface area (TPSA) is 75.5 Å². The van der Waals surface area contributed by atoms with Crippen LogP contribution < -0.4 is 10.2 Å². The third-order valence-corrected chi connectivity index (χ3v) is 4.69. The molecule has 0 bridgehead atoms. The molecular weight excluding hydrogens is 342 g/mol. The largest absolute Gasteiger partial charge is 0.355 e. The zero-order chi connectivity index (χ0) is 19.0. The summed E-state index contributed by atoms with van der Waals surface area (Å²) in [5.41, 5.74) is 4.88. The number of rotatable bonds is 4. The summed E-state index contributed by atoms with van der Waals surface area (Å²) in [4.78, 5) is 25.0. The number of anilines is 3. The number of nitro benzene ring substituents is 1. The van der Waals surface area contributed by atoms with Gasteiger partial charge in [-0.1, -0.05) is 24.3 Å². The first-order chi connectivity index (χ1) is 13.0. The minimum absolute atomic E-state index is 0.0192. The quantitative estimate of drug-likeness (QED) is 0.536. The van der Waals surface area contributed by atoms with Crippen LogP contribution in [0.25, 0.3) is 0 Å². The Bertz CT molecular complexity index is 1050. The van der Waals surface area contributed by atoms with Gasteiger partial charge >= 0.3 is 0 Å². The molecule has 0 saturated heterocycles. The van der Waals surface area contributed by atoms with Crippen LogP contribution in [0.1, 0.15) is 21.5 Å². The molecule has 0 atom stereocenters. The maximum Gasteiger partial charge on any atom is 0.271 e. The lowest BCUT2D eigenvalue weighted by Crippen LogP contribution is -2.22. The van der Waals surface area contributed by atoms with Gasteiger partial charge in [0.25, 0.3) is 11.6 Å². The molecule has 1 amide bonds. The predicted molar refractivity (Wildman–Crippen MR) is 105 cm³/mol. The third-order valence-electron chi connectivity index (χ3n) is 4.69. The van der Waals surface area contributed by atoms with Crippen molar-refractivity contribution >= 4 is 28.7 Å². The van der Waals surface area contributed by atoms with Crippen LogP contribution in [0.2, 0.25) is 0 Å². The van der Waals surface area contributed by atoms with Crippen molar-refractivity contribution in [3.63, 3.8) is 0 Å². The summed E-state index contributed by atoms with van der Waals surface area (Å²) < 4.78 is 0. The standard InChI is InChI=1S/C21H17N3O3/c1-14-7-9-18(24(26)27)12-20(14)22-16-8-10-19-15(11-16)13-23(21(19)25)17-5-3-2-4-6-17/h2-12,22H,13H2,1H3. The van der Waals surface area contributed by atoms with E-state index in [1.165, 1.54) is 12.1 Å². The Morgan fingerprint density at radius 3 is 2.56 bits per heavy atom. The lowest BCUT2D eigenvalue weighted by atomic mass is 10.1. The number of nitrogens with zero attached hydrogens (tertiary/aromatic N) is 2. The van der Waals surface area contributed by atoms with Crippen LogP contribution in [0.5, 0.6) is 0 Å². The first-order valence-corrected chi connectivity index (χ1v) is 8.55. The molecule has 0 spiro atoms. The molecule has 0 fully saturated rings. The highest BCUT2D eigenvalue weighted by atomic mass is 16.6. The Hall–Kier alpha value is -3.67. The van der Waals surface area contributed by atoms with E-state index in [0.717, 1.165) is 22.5 Å². The minimum atomic E-state index is -0.413. The number of hydrogen-bond acceptors (Lipinski definition) is 4. The zero-order valence-corrected chi connectivity index (χ0v) is 14.7. The zero-order valence-electron chi connectivity index (χ0n) is 14.7. The molecule has 0 aliphatic carbocycles. The second-order valence-corrected chi connectivity index (χ2v) is 6.48. The summed E-state index contributed by atoms with van der Waals surface area (Å²) in [5, 5.41) is 14.2. The van der Waals surface area contributed by atoms with E-state index in [9.17, 15) is 14.9 Å². The average Bonchev–Trinajstić information content (AvgIpc) is 3.00. The van der Waals surface area contributed by atoms with Crippen molar-refractivity contribution in [2.75, 3.05) is 10.2 Å². The van der Waals surface area contributed by atoms with E-state index in [-0.39, 0.29) is 11.6 Å². The fourth-order valence-electron chi connectivity index (χ4n) is 3.23. The van der Waals surface area contributed by atoms with Gasteiger partial charge in [0.2, 0.25) is 0 Å². The summed E-state index contributed by atoms with van der Waals surface area (Å²) in [5.74, 6) is -0.0192. The Balaban J connectivity index is 1.62. The molecule has 6 heteroatoms. The highest BCUT2D eigenvalue weighted by molar-refractivity contribution is 6.10. The fourth-order valence-corrected chi connectivity index (χ4v) is 3.23. The molecule has 0 unspecified atom stereocenters. The molecule has 1 heterocycles. The van der Waals surface area contributed by atoms with Crippen molar-refractivity contribution in [2.45, 2.75) is 13.5 Å². The summed E-state index contributed by atoms with van der Waals surface area (Å²) in [6.45, 7) is 2.39. The van der Waals surface area contributed by atoms with E-state index in [2.05, 4.69) is 5.32 Å². The summed E-state index contributed by atoms with van der Waals surface area (Å²) in [6, 6.07) is 19.8. The van der Waals surface area contributed by atoms with Crippen molar-refractivity contribution in [3.8, 4) is 0 Å². The van der Waals surface area contributed by atoms with Gasteiger partial charge in [0, 0.05) is 34.8 Å². The number of hydrogen-bond donors (Lipinski definition) is 1. The van der Waals surface area contributed by atoms with Crippen LogP contribution in [0.15, 0.2) is 66.7 Å². The average molecular weight is 359 g/mol. The predicted octanol–water partition coefficient (Wildman–Crippen LogP) is 4.81. The molecule has 1 aliphatic rings. The fraction of sp³-hybridized carbons (Fsp3) is 0.0952. The summed E-state index contributed by atoms with van der Waals surface area (Å²) in [7, 11) is 0. The number of amides is 1. The highest BCUT2D eigenvalue weighted by Gasteiger charge is 2.28. The number of aryl methyl sites for hydroxylation is 1. The molecule has 0 radical (unpaired) electrons. The Kier molecular flexibility index (Phi) is 4.08. The van der Waals surface area contributed by atoms with Crippen LogP contribution in [0.3, 0.4) is 0 Å². The van der Waals surface area contributed by atoms with E-state index in [0.29, 0.717) is 17.8 Å². The Labute approximate surface area is 156 Å². The lowest BCUT2D eigenvalue weighted by molar-refractivity contribution is -0.384. The minimum Gasteiger partial charge on any atom is -0.355 e. The van der Waals surface area contributed by atoms with Crippen molar-refractivity contribution in [2.24, 2.45) is 0 Å². The Morgan fingerprint density at radius 2 is 1.81 bits per heavy atom. The van der Waals surface area contributed by atoms with E-state index in [1.807, 2.05) is 49.4 Å². The number of nitro groups is 1. The maximum atomic E-state index is 12.7. The first-order valence-electron chi connectivity index (χ1n) is 8.55. The van der Waals surface area contributed by atoms with Gasteiger partial charge in [-0.25, -0.2) is 0 Å². The molecule has 1 aliphatic heterocycles. The number of carbonyl (C=O) groups is 1. The van der Waals surface area contributed by atoms with Crippen molar-refractivity contribution in [1.82, 2.24) is 0 Å². The van der Waals surface area contributed by atoms with Gasteiger partial charge in [0.15, 0.2) is 0 Å². The first kappa shape index (κ1) is 16.8. The normalized spacial score (nSPS) is 12.8. The van der Waals surface area contributed by atoms with Gasteiger partial charge in [0.05, 0.1) is 11.5 Å². The van der Waals surface area contributed by atoms with Crippen LogP contribution in [-0.2, 0) is 6.54 Å². The lowest BCUT2D eigenvalue weighted by Gasteiger charge is -2.15. The van der Waals surface area contributed by atoms with Crippen molar-refractivity contribution < 1.29 is 9.72 Å². The van der Waals surface area contributed by atoms with Crippen LogP contribution >= 0.6 is 0 Å². The second kappa shape index (κ2) is 6.57. The molecule has 27 heavy (non-hydrogen) atoms. The summed E-state index contributed by atoms with van der Waals surface area (Å²) in [6.07, 6.45) is 0. The van der Waals surface area contributed by atoms with Crippen LogP contribution in [0, 0.1) is 17.0 Å². The molecule has 1 N–H and O–H groups in total. The van der Waals surface area contributed by atoms with Crippen LogP contribution in [-0.4, -0.2) is 10.8 Å². The molecule has 6 nitrogen and oxygen atoms in total. The van der Waals surface area contributed by atoms with E-state index in [4.69, 9.17) is 0 Å². The van der Waals surface area contributed by atoms with Crippen LogP contribution in [0.4, 0.5) is 22.7 Å². The molecule has 134 valence electrons. The third kappa shape index (κ3) is 3.13. The smallest absolute Gasteiger partial charge is 0.271 e. The molecule has 3 aromatic rings. The maximum absolute atomic E-state index is 12.7. The Morgan fingerprint density at radius 1 is 1.04 bits per heavy atom. The van der Waals surface area contributed by atoms with E-state index in [1.54, 1.807) is 17.0 Å². The molecule has 4 rings (SSSR count). The summed E-state index contributed by atoms with van der Waals surface area (Å²) >= 11 is 0. The number of benzene rings is 3. The van der Waals surface area contributed by atoms with Crippen molar-refractivity contribution in [1.29, 1.82) is 0 Å². The highest BCUT2D eigenvalue weighted by Crippen LogP contribution is 2.32. The van der Waals surface area contributed by atoms with Gasteiger partial charge in [-0.3, -0.25) is 14.9 Å². The van der Waals surface area contributed by atoms with Gasteiger partial charge in [-0.15, -0.1) is 0 Å². The monoisotopic (exact) mass is 359 g/mol. The van der Waals surface area contributed by atoms with Gasteiger partial charge < -0.3 is 10.2 Å². The van der Waals surface area contributed by atoms with E-state index >= 15 is 0 Å². The number of non-ortho nitro benzene ring substituents is 1. The number of fused-ring (bicyclic) bond motifs is 1.